The number of nitrogens with zero attached hydrogens (tertiary/aromatic N) is 2. The van der Waals surface area contributed by atoms with E-state index < -0.39 is 43.7 Å². The fourth-order valence-electron chi connectivity index (χ4n) is 1.97. The molecule has 0 bridgehead atoms. The zero-order valence-electron chi connectivity index (χ0n) is 9.85. The van der Waals surface area contributed by atoms with Crippen LogP contribution >= 0.6 is 0 Å². The number of hydrogen-bond donors (Lipinski definition) is 3. The molecule has 4 N–H and O–H groups in total. The minimum atomic E-state index is -1.25. The molecule has 1 fully saturated rings. The van der Waals surface area contributed by atoms with Crippen LogP contribution in [0.15, 0.2) is 17.1 Å². The summed E-state index contributed by atoms with van der Waals surface area (Å²) in [7, 11) is 0. The van der Waals surface area contributed by atoms with Crippen LogP contribution in [0.4, 0.5) is 10.2 Å². The molecule has 9 heteroatoms. The predicted octanol–water partition coefficient (Wildman–Crippen LogP) is -1.61. The second kappa shape index (κ2) is 5.61. The highest BCUT2D eigenvalue weighted by molar-refractivity contribution is 5.23. The van der Waals surface area contributed by atoms with Gasteiger partial charge in [0.05, 0.1) is 6.61 Å². The lowest BCUT2D eigenvalue weighted by Gasteiger charge is -2.20. The number of alkyl halides is 1. The maximum absolute atomic E-state index is 12.3. The Balaban J connectivity index is 2.33. The fraction of sp³-hybridized carbons (Fsp3) is 0.600. The first-order valence-electron chi connectivity index (χ1n) is 5.55. The quantitative estimate of drug-likeness (QED) is 0.604. The minimum Gasteiger partial charge on any atom is -0.394 e. The van der Waals surface area contributed by atoms with Gasteiger partial charge in [0.15, 0.2) is 13.1 Å². The van der Waals surface area contributed by atoms with E-state index in [-0.39, 0.29) is 5.82 Å². The molecule has 19 heavy (non-hydrogen) atoms. The van der Waals surface area contributed by atoms with Gasteiger partial charge in [-0.25, -0.2) is 9.18 Å². The maximum Gasteiger partial charge on any atom is 0.351 e. The highest BCUT2D eigenvalue weighted by atomic mass is 19.1. The number of ether oxygens (including phenoxy) is 2. The van der Waals surface area contributed by atoms with E-state index >= 15 is 0 Å². The molecule has 1 aromatic heterocycles. The van der Waals surface area contributed by atoms with Gasteiger partial charge in [-0.05, 0) is 6.07 Å². The number of aliphatic hydroxyl groups is 2. The lowest BCUT2D eigenvalue weighted by molar-refractivity contribution is -0.0958. The maximum atomic E-state index is 12.3. The summed E-state index contributed by atoms with van der Waals surface area (Å²) in [4.78, 5) is 15.2. The van der Waals surface area contributed by atoms with Crippen molar-refractivity contribution in [3.63, 3.8) is 0 Å². The highest BCUT2D eigenvalue weighted by Crippen LogP contribution is 2.30. The molecule has 1 aliphatic heterocycles. The summed E-state index contributed by atoms with van der Waals surface area (Å²) in [6, 6.07) is 1.36. The van der Waals surface area contributed by atoms with E-state index in [2.05, 4.69) is 4.98 Å². The summed E-state index contributed by atoms with van der Waals surface area (Å²) in [5, 5.41) is 18.9. The third-order valence-corrected chi connectivity index (χ3v) is 2.87. The van der Waals surface area contributed by atoms with Crippen molar-refractivity contribution < 1.29 is 24.1 Å². The Hall–Kier alpha value is -1.55. The van der Waals surface area contributed by atoms with E-state index in [0.29, 0.717) is 0 Å². The van der Waals surface area contributed by atoms with Gasteiger partial charge in [0.25, 0.3) is 0 Å². The van der Waals surface area contributed by atoms with Crippen molar-refractivity contribution in [3.8, 4) is 0 Å². The van der Waals surface area contributed by atoms with Crippen LogP contribution in [-0.2, 0) is 9.47 Å². The molecule has 1 aromatic rings. The number of hydrogen-bond acceptors (Lipinski definition) is 7. The van der Waals surface area contributed by atoms with E-state index in [4.69, 9.17) is 20.3 Å². The molecule has 2 heterocycles. The van der Waals surface area contributed by atoms with E-state index in [9.17, 15) is 14.3 Å². The summed E-state index contributed by atoms with van der Waals surface area (Å²) in [5.41, 5.74) is 4.64. The zero-order valence-corrected chi connectivity index (χ0v) is 9.85. The first-order chi connectivity index (χ1) is 9.08. The van der Waals surface area contributed by atoms with Gasteiger partial charge in [0, 0.05) is 6.20 Å². The number of aromatic nitrogens is 2. The van der Waals surface area contributed by atoms with Crippen LogP contribution in [0.5, 0.6) is 0 Å². The summed E-state index contributed by atoms with van der Waals surface area (Å²) in [6.07, 6.45) is -3.12. The normalized spacial score (nSPS) is 30.7. The molecule has 0 radical (unpaired) electrons. The van der Waals surface area contributed by atoms with Gasteiger partial charge in [-0.1, -0.05) is 0 Å². The summed E-state index contributed by atoms with van der Waals surface area (Å²) < 4.78 is 23.4. The molecule has 2 rings (SSSR count). The van der Waals surface area contributed by atoms with Gasteiger partial charge < -0.3 is 25.4 Å². The lowest BCUT2D eigenvalue weighted by Crippen LogP contribution is -2.38. The molecule has 1 aliphatic rings. The van der Waals surface area contributed by atoms with Crippen LogP contribution in [0.3, 0.4) is 0 Å². The molecule has 0 amide bonds. The first kappa shape index (κ1) is 13.9. The van der Waals surface area contributed by atoms with Crippen LogP contribution in [0.25, 0.3) is 0 Å². The average molecular weight is 275 g/mol. The fourth-order valence-corrected chi connectivity index (χ4v) is 1.97. The Morgan fingerprint density at radius 3 is 2.95 bits per heavy atom. The number of aliphatic hydroxyl groups excluding tert-OH is 2. The van der Waals surface area contributed by atoms with Crippen LogP contribution in [0.2, 0.25) is 0 Å². The van der Waals surface area contributed by atoms with E-state index in [0.717, 1.165) is 4.57 Å². The number of halogens is 1. The third kappa shape index (κ3) is 2.59. The molecule has 4 atom stereocenters. The highest BCUT2D eigenvalue weighted by Gasteiger charge is 2.45. The summed E-state index contributed by atoms with van der Waals surface area (Å²) in [5.74, 6) is 0.0291. The molecule has 0 aliphatic carbocycles. The molecule has 0 aromatic carbocycles. The Kier molecular flexibility index (Phi) is 4.10. The standard InChI is InChI=1S/C10H14FN3O5/c11-4-18-8-7(16)5(3-15)19-9(8)14-2-1-6(12)13-10(14)17/h1-2,5,7-9,15-16H,3-4H2,(H2,12,13,17)/t5-,7?,8?,9-/m1/s1. The van der Waals surface area contributed by atoms with Gasteiger partial charge in [-0.2, -0.15) is 4.98 Å². The smallest absolute Gasteiger partial charge is 0.351 e. The van der Waals surface area contributed by atoms with Crippen molar-refractivity contribution in [1.29, 1.82) is 0 Å². The summed E-state index contributed by atoms with van der Waals surface area (Å²) >= 11 is 0. The second-order valence-electron chi connectivity index (χ2n) is 4.02. The van der Waals surface area contributed by atoms with Gasteiger partial charge in [-0.15, -0.1) is 0 Å². The van der Waals surface area contributed by atoms with Crippen LogP contribution < -0.4 is 11.4 Å². The van der Waals surface area contributed by atoms with E-state index in [1.54, 1.807) is 0 Å². The Morgan fingerprint density at radius 1 is 1.63 bits per heavy atom. The predicted molar refractivity (Wildman–Crippen MR) is 60.8 cm³/mol. The topological polar surface area (TPSA) is 120 Å². The third-order valence-electron chi connectivity index (χ3n) is 2.87. The summed E-state index contributed by atoms with van der Waals surface area (Å²) in [6.45, 7) is -1.64. The number of anilines is 1. The molecule has 0 saturated carbocycles. The zero-order chi connectivity index (χ0) is 14.0. The van der Waals surface area contributed by atoms with Crippen molar-refractivity contribution in [2.75, 3.05) is 19.2 Å². The molecule has 0 spiro atoms. The Bertz CT molecular complexity index is 496. The van der Waals surface area contributed by atoms with Gasteiger partial charge in [-0.3, -0.25) is 4.57 Å². The van der Waals surface area contributed by atoms with Gasteiger partial charge in [0.1, 0.15) is 24.1 Å². The second-order valence-corrected chi connectivity index (χ2v) is 4.02. The van der Waals surface area contributed by atoms with Crippen molar-refractivity contribution in [3.05, 3.63) is 22.7 Å². The average Bonchev–Trinajstić information content (AvgIpc) is 2.68. The number of nitrogens with two attached hydrogens (primary N) is 1. The first-order valence-corrected chi connectivity index (χ1v) is 5.55. The van der Waals surface area contributed by atoms with Crippen LogP contribution in [-0.4, -0.2) is 51.5 Å². The van der Waals surface area contributed by atoms with Crippen LogP contribution in [0, 0.1) is 0 Å². The van der Waals surface area contributed by atoms with Crippen molar-refractivity contribution in [2.24, 2.45) is 0 Å². The Labute approximate surface area is 107 Å². The molecular formula is C10H14FN3O5. The molecule has 2 unspecified atom stereocenters. The molecular weight excluding hydrogens is 261 g/mol. The van der Waals surface area contributed by atoms with Crippen molar-refractivity contribution in [2.45, 2.75) is 24.5 Å². The number of nitrogen functional groups attached to an aromatic ring is 1. The van der Waals surface area contributed by atoms with Crippen molar-refractivity contribution >= 4 is 5.82 Å². The van der Waals surface area contributed by atoms with Gasteiger partial charge >= 0.3 is 5.69 Å². The minimum absolute atomic E-state index is 0.0291. The molecule has 106 valence electrons. The van der Waals surface area contributed by atoms with E-state index in [1.165, 1.54) is 12.3 Å². The van der Waals surface area contributed by atoms with Crippen LogP contribution in [0.1, 0.15) is 6.23 Å². The van der Waals surface area contributed by atoms with Crippen molar-refractivity contribution in [1.82, 2.24) is 9.55 Å². The SMILES string of the molecule is Nc1ccn([C@@H]2O[C@H](CO)C(O)C2OCF)c(=O)n1. The largest absolute Gasteiger partial charge is 0.394 e. The number of rotatable bonds is 4. The van der Waals surface area contributed by atoms with Gasteiger partial charge in [0.2, 0.25) is 0 Å². The molecule has 1 saturated heterocycles. The monoisotopic (exact) mass is 275 g/mol. The Morgan fingerprint density at radius 2 is 2.37 bits per heavy atom. The van der Waals surface area contributed by atoms with E-state index in [1.807, 2.05) is 0 Å². The molecule has 8 nitrogen and oxygen atoms in total. The lowest BCUT2D eigenvalue weighted by atomic mass is 10.1.